The third-order valence-corrected chi connectivity index (χ3v) is 11.1. The maximum Gasteiger partial charge on any atom is 0.276 e. The van der Waals surface area contributed by atoms with E-state index in [1.165, 1.54) is 19.2 Å². The van der Waals surface area contributed by atoms with Crippen LogP contribution in [0.15, 0.2) is 75.1 Å². The summed E-state index contributed by atoms with van der Waals surface area (Å²) in [6, 6.07) is 16.6. The van der Waals surface area contributed by atoms with Crippen LogP contribution in [0.1, 0.15) is 47.7 Å². The van der Waals surface area contributed by atoms with E-state index in [4.69, 9.17) is 14.2 Å². The van der Waals surface area contributed by atoms with Crippen molar-refractivity contribution >= 4 is 37.6 Å². The van der Waals surface area contributed by atoms with E-state index in [-0.39, 0.29) is 29.9 Å². The number of hydrazone groups is 1. The van der Waals surface area contributed by atoms with E-state index in [0.717, 1.165) is 11.1 Å². The van der Waals surface area contributed by atoms with Crippen molar-refractivity contribution in [1.82, 2.24) is 9.73 Å². The van der Waals surface area contributed by atoms with Gasteiger partial charge in [0.1, 0.15) is 27.8 Å². The normalized spacial score (nSPS) is 25.0. The summed E-state index contributed by atoms with van der Waals surface area (Å²) >= 11 is 3.69. The summed E-state index contributed by atoms with van der Waals surface area (Å²) in [6.45, 7) is 2.16. The van der Waals surface area contributed by atoms with E-state index in [0.29, 0.717) is 52.3 Å². The molecule has 1 amide bonds. The molecule has 10 nitrogen and oxygen atoms in total. The molecular weight excluding hydrogens is 650 g/mol. The predicted octanol–water partition coefficient (Wildman–Crippen LogP) is 4.64. The van der Waals surface area contributed by atoms with Crippen LogP contribution in [0, 0.1) is 5.92 Å². The Morgan fingerprint density at radius 3 is 2.52 bits per heavy atom. The van der Waals surface area contributed by atoms with Gasteiger partial charge in [-0.1, -0.05) is 25.1 Å². The average Bonchev–Trinajstić information content (AvgIpc) is 3.30. The highest BCUT2D eigenvalue weighted by Gasteiger charge is 2.59. The molecule has 1 saturated carbocycles. The molecule has 1 aliphatic carbocycles. The van der Waals surface area contributed by atoms with Crippen molar-refractivity contribution in [2.75, 3.05) is 20.8 Å². The van der Waals surface area contributed by atoms with Crippen molar-refractivity contribution in [1.29, 1.82) is 0 Å². The second-order valence-corrected chi connectivity index (χ2v) is 14.0. The molecule has 44 heavy (non-hydrogen) atoms. The summed E-state index contributed by atoms with van der Waals surface area (Å²) in [5, 5.41) is 15.1. The Kier molecular flexibility index (Phi) is 8.10. The molecule has 232 valence electrons. The number of amides is 1. The number of aliphatic hydroxyl groups is 1. The maximum absolute atomic E-state index is 13.8. The molecule has 2 N–H and O–H groups in total. The first kappa shape index (κ1) is 30.4. The molecule has 2 heterocycles. The highest BCUT2D eigenvalue weighted by Crippen LogP contribution is 2.61. The van der Waals surface area contributed by atoms with Crippen LogP contribution < -0.4 is 19.0 Å². The number of benzene rings is 3. The Morgan fingerprint density at radius 2 is 1.86 bits per heavy atom. The van der Waals surface area contributed by atoms with E-state index in [9.17, 15) is 18.3 Å². The summed E-state index contributed by atoms with van der Waals surface area (Å²) in [5.41, 5.74) is 2.54. The van der Waals surface area contributed by atoms with Crippen molar-refractivity contribution < 1.29 is 32.5 Å². The SMILES string of the molecule is COc1ccc(S(=O)(=O)NN=C2C[C@@H](C)[C@]34C[C@@H](CO)N(C(=O)c5ccccc5)Cc5cc(OC)c(Br)c(c53)O[C@@H]4C2)cc1. The molecule has 3 aromatic carbocycles. The smallest absolute Gasteiger partial charge is 0.276 e. The number of hydrogen-bond acceptors (Lipinski definition) is 8. The van der Waals surface area contributed by atoms with E-state index in [1.807, 2.05) is 24.3 Å². The zero-order valence-electron chi connectivity index (χ0n) is 24.6. The zero-order chi connectivity index (χ0) is 31.2. The van der Waals surface area contributed by atoms with Gasteiger partial charge >= 0.3 is 0 Å². The highest BCUT2D eigenvalue weighted by atomic mass is 79.9. The van der Waals surface area contributed by atoms with Crippen molar-refractivity contribution in [3.8, 4) is 17.2 Å². The molecule has 0 bridgehead atoms. The monoisotopic (exact) mass is 683 g/mol. The standard InChI is InChI=1S/C32H34BrN3O7S/c1-19-13-22(34-35-44(39,40)25-11-9-24(41-2)10-12-25)15-27-32(19)16-23(18-37)36(31(38)20-7-5-4-6-8-20)17-21-14-26(42-3)29(33)30(43-27)28(21)32/h4-12,14,19,23,27,35,37H,13,15-18H2,1-3H3/t19-,23+,27-,32+/m1/s1. The lowest BCUT2D eigenvalue weighted by atomic mass is 9.59. The first-order valence-corrected chi connectivity index (χ1v) is 16.6. The van der Waals surface area contributed by atoms with Crippen molar-refractivity contribution in [3.63, 3.8) is 0 Å². The third kappa shape index (κ3) is 5.02. The largest absolute Gasteiger partial charge is 0.497 e. The first-order valence-electron chi connectivity index (χ1n) is 14.4. The summed E-state index contributed by atoms with van der Waals surface area (Å²) in [6.07, 6.45) is 0.923. The van der Waals surface area contributed by atoms with E-state index in [1.54, 1.807) is 36.3 Å². The summed E-state index contributed by atoms with van der Waals surface area (Å²) in [7, 11) is -0.809. The number of rotatable bonds is 7. The Bertz CT molecular complexity index is 1720. The minimum atomic E-state index is -3.91. The van der Waals surface area contributed by atoms with E-state index < -0.39 is 27.6 Å². The van der Waals surface area contributed by atoms with E-state index >= 15 is 0 Å². The summed E-state index contributed by atoms with van der Waals surface area (Å²) in [4.78, 5) is 18.1. The first-order chi connectivity index (χ1) is 21.1. The zero-order valence-corrected chi connectivity index (χ0v) is 27.0. The molecule has 4 atom stereocenters. The minimum Gasteiger partial charge on any atom is -0.497 e. The van der Waals surface area contributed by atoms with Gasteiger partial charge in [-0.05, 0) is 82.7 Å². The van der Waals surface area contributed by atoms with Gasteiger partial charge in [0.2, 0.25) is 0 Å². The molecule has 0 unspecified atom stereocenters. The van der Waals surface area contributed by atoms with Gasteiger partial charge in [-0.25, -0.2) is 4.83 Å². The Balaban J connectivity index is 1.37. The Labute approximate surface area is 265 Å². The number of nitrogens with one attached hydrogen (secondary N) is 1. The predicted molar refractivity (Wildman–Crippen MR) is 168 cm³/mol. The highest BCUT2D eigenvalue weighted by molar-refractivity contribution is 9.10. The number of carbonyl (C=O) groups excluding carboxylic acids is 1. The lowest BCUT2D eigenvalue weighted by molar-refractivity contribution is 0.0339. The van der Waals surface area contributed by atoms with Crippen LogP contribution >= 0.6 is 15.9 Å². The molecule has 0 aromatic heterocycles. The second kappa shape index (κ2) is 11.7. The van der Waals surface area contributed by atoms with Crippen LogP contribution in [-0.4, -0.2) is 63.0 Å². The van der Waals surface area contributed by atoms with Gasteiger partial charge < -0.3 is 24.2 Å². The van der Waals surface area contributed by atoms with Crippen LogP contribution in [0.3, 0.4) is 0 Å². The summed E-state index contributed by atoms with van der Waals surface area (Å²) < 4.78 is 44.2. The van der Waals surface area contributed by atoms with Gasteiger partial charge in [0, 0.05) is 35.2 Å². The number of halogens is 1. The second-order valence-electron chi connectivity index (χ2n) is 11.5. The lowest BCUT2D eigenvalue weighted by Crippen LogP contribution is -2.53. The van der Waals surface area contributed by atoms with Gasteiger partial charge in [0.15, 0.2) is 0 Å². The number of sulfonamides is 1. The fourth-order valence-corrected chi connectivity index (χ4v) is 8.42. The Morgan fingerprint density at radius 1 is 1.14 bits per heavy atom. The quantitative estimate of drug-likeness (QED) is 0.348. The lowest BCUT2D eigenvalue weighted by Gasteiger charge is -2.45. The number of aliphatic hydroxyl groups excluding tert-OH is 1. The van der Waals surface area contributed by atoms with Crippen molar-refractivity contribution in [2.45, 2.75) is 55.2 Å². The summed E-state index contributed by atoms with van der Waals surface area (Å²) in [5.74, 6) is 1.56. The van der Waals surface area contributed by atoms with Crippen LogP contribution in [0.2, 0.25) is 0 Å². The van der Waals surface area contributed by atoms with Crippen LogP contribution in [0.25, 0.3) is 0 Å². The van der Waals surface area contributed by atoms with Gasteiger partial charge in [-0.15, -0.1) is 0 Å². The number of nitrogens with zero attached hydrogens (tertiary/aromatic N) is 2. The average molecular weight is 685 g/mol. The van der Waals surface area contributed by atoms with Crippen LogP contribution in [0.5, 0.6) is 17.2 Å². The number of hydrogen-bond donors (Lipinski definition) is 2. The molecule has 2 aliphatic heterocycles. The van der Waals surface area contributed by atoms with Crippen molar-refractivity contribution in [3.05, 3.63) is 81.8 Å². The minimum absolute atomic E-state index is 0.0633. The molecule has 0 saturated heterocycles. The van der Waals surface area contributed by atoms with Crippen LogP contribution in [0.4, 0.5) is 0 Å². The van der Waals surface area contributed by atoms with Gasteiger partial charge in [0.25, 0.3) is 15.9 Å². The Hall–Kier alpha value is -3.61. The maximum atomic E-state index is 13.8. The number of methoxy groups -OCH3 is 2. The van der Waals surface area contributed by atoms with Crippen LogP contribution in [-0.2, 0) is 22.0 Å². The van der Waals surface area contributed by atoms with Gasteiger partial charge in [-0.3, -0.25) is 4.79 Å². The van der Waals surface area contributed by atoms with Crippen molar-refractivity contribution in [2.24, 2.45) is 11.0 Å². The molecular formula is C32H34BrN3O7S. The number of carbonyl (C=O) groups is 1. The fraction of sp³-hybridized carbons (Fsp3) is 0.375. The molecule has 6 rings (SSSR count). The van der Waals surface area contributed by atoms with Gasteiger partial charge in [0.05, 0.1) is 31.8 Å². The molecule has 12 heteroatoms. The van der Waals surface area contributed by atoms with Gasteiger partial charge in [-0.2, -0.15) is 13.5 Å². The molecule has 3 aliphatic rings. The number of ether oxygens (including phenoxy) is 3. The fourth-order valence-electron chi connectivity index (χ4n) is 7.00. The van der Waals surface area contributed by atoms with E-state index in [2.05, 4.69) is 32.8 Å². The molecule has 0 radical (unpaired) electrons. The topological polar surface area (TPSA) is 127 Å². The third-order valence-electron chi connectivity index (χ3n) is 9.17. The molecule has 3 aromatic rings. The molecule has 1 spiro atoms. The molecule has 1 fully saturated rings.